The van der Waals surface area contributed by atoms with Gasteiger partial charge in [-0.05, 0) is 123 Å². The number of aliphatic carboxylic acids is 1. The van der Waals surface area contributed by atoms with Crippen molar-refractivity contribution in [2.24, 2.45) is 29.4 Å². The van der Waals surface area contributed by atoms with E-state index in [9.17, 15) is 19.2 Å². The first-order valence-corrected chi connectivity index (χ1v) is 19.9. The third kappa shape index (κ3) is 16.7. The number of carbonyl (C=O) groups excluding carboxylic acids is 3. The summed E-state index contributed by atoms with van der Waals surface area (Å²) in [5.74, 6) is 0.707. The van der Waals surface area contributed by atoms with Gasteiger partial charge in [-0.1, -0.05) is 27.7 Å². The maximum atomic E-state index is 12.2. The molecule has 4 aliphatic rings. The normalized spacial score (nSPS) is 22.8. The number of likely N-dealkylation sites (tertiary alicyclic amines) is 4. The van der Waals surface area contributed by atoms with Gasteiger partial charge in [0.1, 0.15) is 0 Å². The van der Waals surface area contributed by atoms with Crippen molar-refractivity contribution in [1.82, 2.24) is 24.9 Å². The van der Waals surface area contributed by atoms with Gasteiger partial charge in [-0.3, -0.25) is 9.59 Å². The fourth-order valence-corrected chi connectivity index (χ4v) is 7.17. The van der Waals surface area contributed by atoms with Crippen molar-refractivity contribution in [2.75, 3.05) is 78.7 Å². The summed E-state index contributed by atoms with van der Waals surface area (Å²) in [5, 5.41) is 12.1. The highest BCUT2D eigenvalue weighted by Crippen LogP contribution is 2.26. The molecule has 13 nitrogen and oxygen atoms in total. The van der Waals surface area contributed by atoms with Crippen LogP contribution in [-0.2, 0) is 19.1 Å². The second-order valence-corrected chi connectivity index (χ2v) is 15.3. The standard InChI is InChI=1S/C19H35N3O3.C15H26N2O4.C4H11N/c1-4-25-19(24)22-10-5-6-17(9-13-22)21-11-7-16(8-12-21)18(23)20-14-15(2)3;1-2-21-15(20)17-8-3-4-13(7-11-17)16-9-5-12(6-10-16)14(18)19;1-4(2)3-5/h15-17H,4-14H2,1-3H3,(H,20,23);12-13H,2-11H2,1H3,(H,18,19);4H,3,5H2,1-2H3. The van der Waals surface area contributed by atoms with Gasteiger partial charge in [-0.25, -0.2) is 9.59 Å². The maximum Gasteiger partial charge on any atom is 0.409 e. The van der Waals surface area contributed by atoms with Crippen LogP contribution in [0, 0.1) is 23.7 Å². The minimum atomic E-state index is -0.663. The van der Waals surface area contributed by atoms with Crippen LogP contribution in [0.2, 0.25) is 0 Å². The molecule has 0 aliphatic carbocycles. The predicted octanol–water partition coefficient (Wildman–Crippen LogP) is 4.88. The van der Waals surface area contributed by atoms with E-state index in [-0.39, 0.29) is 29.9 Å². The minimum absolute atomic E-state index is 0.164. The molecule has 4 heterocycles. The van der Waals surface area contributed by atoms with Crippen molar-refractivity contribution in [2.45, 2.75) is 118 Å². The Bertz CT molecular complexity index is 1010. The number of carboxylic acids is 1. The molecule has 4 aliphatic heterocycles. The number of hydrogen-bond donors (Lipinski definition) is 3. The van der Waals surface area contributed by atoms with E-state index < -0.39 is 5.97 Å². The van der Waals surface area contributed by atoms with Crippen molar-refractivity contribution in [3.8, 4) is 0 Å². The number of ether oxygens (including phenoxy) is 2. The molecular formula is C38H72N6O7. The van der Waals surface area contributed by atoms with E-state index in [4.69, 9.17) is 20.3 Å². The van der Waals surface area contributed by atoms with Gasteiger partial charge in [-0.15, -0.1) is 0 Å². The smallest absolute Gasteiger partial charge is 0.409 e. The van der Waals surface area contributed by atoms with E-state index in [1.165, 1.54) is 0 Å². The Morgan fingerprint density at radius 1 is 0.647 bits per heavy atom. The fourth-order valence-electron chi connectivity index (χ4n) is 7.17. The molecule has 4 N–H and O–H groups in total. The zero-order valence-electron chi connectivity index (χ0n) is 32.8. The first-order chi connectivity index (χ1) is 24.4. The molecule has 51 heavy (non-hydrogen) atoms. The second-order valence-electron chi connectivity index (χ2n) is 15.3. The number of nitrogens with one attached hydrogen (secondary N) is 1. The summed E-state index contributed by atoms with van der Waals surface area (Å²) in [4.78, 5) is 55.5. The average molecular weight is 725 g/mol. The van der Waals surface area contributed by atoms with Crippen LogP contribution >= 0.6 is 0 Å². The quantitative estimate of drug-likeness (QED) is 0.300. The van der Waals surface area contributed by atoms with Crippen LogP contribution in [0.15, 0.2) is 0 Å². The SMILES string of the molecule is CC(C)CN.CCOC(=O)N1CCCC(N2CCC(C(=O)NCC(C)C)CC2)CC1.CCOC(=O)N1CCCC(N2CCC(C(=O)O)CC2)CC1. The van der Waals surface area contributed by atoms with Crippen LogP contribution in [-0.4, -0.2) is 140 Å². The van der Waals surface area contributed by atoms with Gasteiger partial charge in [0.05, 0.1) is 19.1 Å². The molecule has 4 fully saturated rings. The van der Waals surface area contributed by atoms with E-state index in [0.717, 1.165) is 130 Å². The molecule has 0 spiro atoms. The number of carbonyl (C=O) groups is 4. The van der Waals surface area contributed by atoms with Gasteiger partial charge in [0.25, 0.3) is 0 Å². The van der Waals surface area contributed by atoms with Gasteiger partial charge >= 0.3 is 18.2 Å². The number of carboxylic acid groups (broad SMARTS) is 1. The van der Waals surface area contributed by atoms with Crippen LogP contribution in [0.3, 0.4) is 0 Å². The Balaban J connectivity index is 0.000000316. The van der Waals surface area contributed by atoms with Gasteiger partial charge in [0, 0.05) is 50.7 Å². The summed E-state index contributed by atoms with van der Waals surface area (Å²) in [6, 6.07) is 0.998. The highest BCUT2D eigenvalue weighted by molar-refractivity contribution is 5.78. The minimum Gasteiger partial charge on any atom is -0.481 e. The highest BCUT2D eigenvalue weighted by atomic mass is 16.6. The summed E-state index contributed by atoms with van der Waals surface area (Å²) in [6.45, 7) is 21.3. The van der Waals surface area contributed by atoms with E-state index in [2.05, 4.69) is 42.8 Å². The lowest BCUT2D eigenvalue weighted by atomic mass is 9.93. The molecule has 2 atom stereocenters. The monoisotopic (exact) mass is 725 g/mol. The Labute approximate surface area is 308 Å². The van der Waals surface area contributed by atoms with E-state index in [1.54, 1.807) is 4.90 Å². The molecule has 0 aromatic carbocycles. The molecule has 0 bridgehead atoms. The lowest BCUT2D eigenvalue weighted by Gasteiger charge is -2.37. The van der Waals surface area contributed by atoms with E-state index in [0.29, 0.717) is 37.1 Å². The van der Waals surface area contributed by atoms with Gasteiger partial charge in [0.15, 0.2) is 0 Å². The molecule has 296 valence electrons. The van der Waals surface area contributed by atoms with Gasteiger partial charge < -0.3 is 45.2 Å². The van der Waals surface area contributed by atoms with Gasteiger partial charge in [0.2, 0.25) is 5.91 Å². The second kappa shape index (κ2) is 24.6. The number of nitrogens with two attached hydrogens (primary N) is 1. The Kier molecular flexibility index (Phi) is 21.5. The molecular weight excluding hydrogens is 652 g/mol. The molecule has 0 aromatic heterocycles. The van der Waals surface area contributed by atoms with Crippen molar-refractivity contribution < 1.29 is 33.8 Å². The average Bonchev–Trinajstić information content (AvgIpc) is 3.54. The Hall–Kier alpha value is -2.64. The van der Waals surface area contributed by atoms with Crippen LogP contribution in [0.25, 0.3) is 0 Å². The molecule has 13 heteroatoms. The largest absolute Gasteiger partial charge is 0.481 e. The Morgan fingerprint density at radius 2 is 1.06 bits per heavy atom. The summed E-state index contributed by atoms with van der Waals surface area (Å²) >= 11 is 0. The summed E-state index contributed by atoms with van der Waals surface area (Å²) in [5.41, 5.74) is 5.17. The van der Waals surface area contributed by atoms with Gasteiger partial charge in [-0.2, -0.15) is 0 Å². The molecule has 0 aromatic rings. The third-order valence-electron chi connectivity index (χ3n) is 10.4. The number of rotatable bonds is 9. The van der Waals surface area contributed by atoms with Crippen molar-refractivity contribution in [3.05, 3.63) is 0 Å². The third-order valence-corrected chi connectivity index (χ3v) is 10.4. The first-order valence-electron chi connectivity index (χ1n) is 19.9. The zero-order valence-corrected chi connectivity index (χ0v) is 32.8. The fraction of sp³-hybridized carbons (Fsp3) is 0.895. The number of piperidine rings is 2. The van der Waals surface area contributed by atoms with Crippen LogP contribution < -0.4 is 11.1 Å². The van der Waals surface area contributed by atoms with Crippen LogP contribution in [0.5, 0.6) is 0 Å². The number of amides is 3. The number of nitrogens with zero attached hydrogens (tertiary/aromatic N) is 4. The van der Waals surface area contributed by atoms with Crippen molar-refractivity contribution in [1.29, 1.82) is 0 Å². The summed E-state index contributed by atoms with van der Waals surface area (Å²) in [6.07, 6.45) is 9.17. The first kappa shape index (κ1) is 44.5. The van der Waals surface area contributed by atoms with Crippen molar-refractivity contribution >= 4 is 24.1 Å². The lowest BCUT2D eigenvalue weighted by Crippen LogP contribution is -2.45. The Morgan fingerprint density at radius 3 is 1.41 bits per heavy atom. The topological polar surface area (TPSA) is 158 Å². The highest BCUT2D eigenvalue weighted by Gasteiger charge is 2.32. The number of hydrogen-bond acceptors (Lipinski definition) is 9. The van der Waals surface area contributed by atoms with Crippen molar-refractivity contribution in [3.63, 3.8) is 0 Å². The maximum absolute atomic E-state index is 12.2. The molecule has 0 saturated carbocycles. The van der Waals surface area contributed by atoms with Crippen LogP contribution in [0.1, 0.15) is 106 Å². The van der Waals surface area contributed by atoms with E-state index >= 15 is 0 Å². The molecule has 4 saturated heterocycles. The van der Waals surface area contributed by atoms with E-state index in [1.807, 2.05) is 18.7 Å². The lowest BCUT2D eigenvalue weighted by molar-refractivity contribution is -0.143. The molecule has 3 amide bonds. The molecule has 0 radical (unpaired) electrons. The molecule has 2 unspecified atom stereocenters. The van der Waals surface area contributed by atoms with Crippen LogP contribution in [0.4, 0.5) is 9.59 Å². The summed E-state index contributed by atoms with van der Waals surface area (Å²) < 4.78 is 10.2. The molecule has 4 rings (SSSR count). The zero-order chi connectivity index (χ0) is 37.8. The summed E-state index contributed by atoms with van der Waals surface area (Å²) in [7, 11) is 0. The predicted molar refractivity (Wildman–Crippen MR) is 200 cm³/mol.